The van der Waals surface area contributed by atoms with Crippen LogP contribution in [0.2, 0.25) is 5.02 Å². The van der Waals surface area contributed by atoms with Crippen molar-refractivity contribution in [2.75, 3.05) is 25.0 Å². The zero-order valence-electron chi connectivity index (χ0n) is 8.78. The molecule has 1 aromatic heterocycles. The predicted octanol–water partition coefficient (Wildman–Crippen LogP) is 1.32. The average Bonchev–Trinajstić information content (AvgIpc) is 2.30. The summed E-state index contributed by atoms with van der Waals surface area (Å²) < 4.78 is 0. The summed E-state index contributed by atoms with van der Waals surface area (Å²) in [7, 11) is 2.03. The van der Waals surface area contributed by atoms with Crippen LogP contribution < -0.4 is 10.2 Å². The van der Waals surface area contributed by atoms with E-state index in [1.54, 1.807) is 12.4 Å². The van der Waals surface area contributed by atoms with Gasteiger partial charge in [0.25, 0.3) is 0 Å². The van der Waals surface area contributed by atoms with Crippen molar-refractivity contribution in [2.45, 2.75) is 18.9 Å². The van der Waals surface area contributed by atoms with E-state index in [1.165, 1.54) is 12.8 Å². The fraction of sp³-hybridized carbons (Fsp3) is 0.600. The largest absolute Gasteiger partial charge is 0.340 e. The Bertz CT molecular complexity index is 308. The second-order valence-corrected chi connectivity index (χ2v) is 4.25. The van der Waals surface area contributed by atoms with E-state index in [1.807, 2.05) is 7.05 Å². The summed E-state index contributed by atoms with van der Waals surface area (Å²) in [6.07, 6.45) is 5.67. The quantitative estimate of drug-likeness (QED) is 0.826. The first kappa shape index (κ1) is 10.6. The topological polar surface area (TPSA) is 41.1 Å². The molecule has 1 N–H and O–H groups in total. The predicted molar refractivity (Wildman–Crippen MR) is 61.3 cm³/mol. The van der Waals surface area contributed by atoms with Gasteiger partial charge in [-0.3, -0.25) is 0 Å². The maximum Gasteiger partial charge on any atom is 0.225 e. The van der Waals surface area contributed by atoms with Gasteiger partial charge in [0.1, 0.15) is 0 Å². The van der Waals surface area contributed by atoms with Crippen molar-refractivity contribution in [3.8, 4) is 0 Å². The van der Waals surface area contributed by atoms with Gasteiger partial charge in [-0.1, -0.05) is 11.6 Å². The van der Waals surface area contributed by atoms with Gasteiger partial charge in [-0.15, -0.1) is 0 Å². The number of nitrogens with one attached hydrogen (secondary N) is 1. The number of hydrogen-bond acceptors (Lipinski definition) is 4. The number of nitrogens with zero attached hydrogens (tertiary/aromatic N) is 3. The fourth-order valence-electron chi connectivity index (χ4n) is 1.81. The van der Waals surface area contributed by atoms with Gasteiger partial charge in [0.2, 0.25) is 5.95 Å². The first-order chi connectivity index (χ1) is 7.27. The average molecular weight is 227 g/mol. The molecule has 1 atom stereocenters. The van der Waals surface area contributed by atoms with Crippen LogP contribution in [0.1, 0.15) is 12.8 Å². The summed E-state index contributed by atoms with van der Waals surface area (Å²) >= 11 is 5.75. The smallest absolute Gasteiger partial charge is 0.225 e. The Morgan fingerprint density at radius 2 is 2.20 bits per heavy atom. The summed E-state index contributed by atoms with van der Waals surface area (Å²) in [6, 6.07) is 0.486. The minimum atomic E-state index is 0.486. The molecule has 0 aromatic carbocycles. The molecule has 2 heterocycles. The number of piperidine rings is 1. The SMILES string of the molecule is CN(c1ncc(Cl)cn1)C1CCCNC1. The van der Waals surface area contributed by atoms with Crippen LogP contribution in [0.25, 0.3) is 0 Å². The highest BCUT2D eigenvalue weighted by molar-refractivity contribution is 6.30. The Balaban J connectivity index is 2.05. The zero-order chi connectivity index (χ0) is 10.7. The lowest BCUT2D eigenvalue weighted by atomic mass is 10.1. The molecule has 4 nitrogen and oxygen atoms in total. The molecule has 1 aromatic rings. The molecule has 2 rings (SSSR count). The number of hydrogen-bond donors (Lipinski definition) is 1. The second kappa shape index (κ2) is 4.77. The molecule has 1 aliphatic rings. The van der Waals surface area contributed by atoms with Gasteiger partial charge in [0, 0.05) is 19.6 Å². The third-order valence-corrected chi connectivity index (χ3v) is 2.94. The van der Waals surface area contributed by atoms with Gasteiger partial charge in [-0.05, 0) is 19.4 Å². The standard InChI is InChI=1S/C10H15ClN4/c1-15(9-3-2-4-12-7-9)10-13-5-8(11)6-14-10/h5-6,9,12H,2-4,7H2,1H3. The van der Waals surface area contributed by atoms with Crippen molar-refractivity contribution in [1.29, 1.82) is 0 Å². The molecule has 1 unspecified atom stereocenters. The minimum Gasteiger partial charge on any atom is -0.340 e. The number of likely N-dealkylation sites (N-methyl/N-ethyl adjacent to an activating group) is 1. The number of anilines is 1. The first-order valence-electron chi connectivity index (χ1n) is 5.18. The summed E-state index contributed by atoms with van der Waals surface area (Å²) in [5.74, 6) is 0.744. The molecule has 0 spiro atoms. The van der Waals surface area contributed by atoms with Gasteiger partial charge in [0.15, 0.2) is 0 Å². The van der Waals surface area contributed by atoms with Crippen LogP contribution in [-0.4, -0.2) is 36.1 Å². The minimum absolute atomic E-state index is 0.486. The van der Waals surface area contributed by atoms with Crippen molar-refractivity contribution in [1.82, 2.24) is 15.3 Å². The molecular weight excluding hydrogens is 212 g/mol. The molecule has 0 saturated carbocycles. The summed E-state index contributed by atoms with van der Waals surface area (Å²) in [6.45, 7) is 2.12. The Labute approximate surface area is 94.7 Å². The van der Waals surface area contributed by atoms with Crippen molar-refractivity contribution in [3.63, 3.8) is 0 Å². The molecule has 0 aliphatic carbocycles. The maximum absolute atomic E-state index is 5.75. The van der Waals surface area contributed by atoms with Crippen LogP contribution in [-0.2, 0) is 0 Å². The Morgan fingerprint density at radius 3 is 2.80 bits per heavy atom. The van der Waals surface area contributed by atoms with E-state index in [0.717, 1.165) is 19.0 Å². The van der Waals surface area contributed by atoms with Crippen molar-refractivity contribution in [2.24, 2.45) is 0 Å². The number of halogens is 1. The lowest BCUT2D eigenvalue weighted by Gasteiger charge is -2.31. The van der Waals surface area contributed by atoms with Gasteiger partial charge in [0.05, 0.1) is 17.4 Å². The van der Waals surface area contributed by atoms with Crippen LogP contribution in [0.15, 0.2) is 12.4 Å². The van der Waals surface area contributed by atoms with Crippen LogP contribution in [0.5, 0.6) is 0 Å². The molecule has 1 saturated heterocycles. The van der Waals surface area contributed by atoms with Gasteiger partial charge >= 0.3 is 0 Å². The van der Waals surface area contributed by atoms with Crippen molar-refractivity contribution in [3.05, 3.63) is 17.4 Å². The van der Waals surface area contributed by atoms with Gasteiger partial charge in [-0.25, -0.2) is 9.97 Å². The highest BCUT2D eigenvalue weighted by Gasteiger charge is 2.19. The molecule has 15 heavy (non-hydrogen) atoms. The maximum atomic E-state index is 5.75. The Kier molecular flexibility index (Phi) is 3.38. The molecule has 5 heteroatoms. The molecule has 1 aliphatic heterocycles. The Morgan fingerprint density at radius 1 is 1.47 bits per heavy atom. The van der Waals surface area contributed by atoms with E-state index in [9.17, 15) is 0 Å². The molecule has 82 valence electrons. The van der Waals surface area contributed by atoms with Crippen molar-refractivity contribution >= 4 is 17.5 Å². The monoisotopic (exact) mass is 226 g/mol. The van der Waals surface area contributed by atoms with E-state index >= 15 is 0 Å². The Hall–Kier alpha value is -0.870. The van der Waals surface area contributed by atoms with Crippen LogP contribution in [0, 0.1) is 0 Å². The molecule has 0 amide bonds. The third-order valence-electron chi connectivity index (χ3n) is 2.74. The fourth-order valence-corrected chi connectivity index (χ4v) is 1.91. The third kappa shape index (κ3) is 2.58. The first-order valence-corrected chi connectivity index (χ1v) is 5.56. The molecular formula is C10H15ClN4. The van der Waals surface area contributed by atoms with Gasteiger partial charge in [-0.2, -0.15) is 0 Å². The van der Waals surface area contributed by atoms with E-state index in [4.69, 9.17) is 11.6 Å². The van der Waals surface area contributed by atoms with E-state index in [2.05, 4.69) is 20.2 Å². The lowest BCUT2D eigenvalue weighted by Crippen LogP contribution is -2.44. The normalized spacial score (nSPS) is 21.3. The highest BCUT2D eigenvalue weighted by Crippen LogP contribution is 2.15. The summed E-state index contributed by atoms with van der Waals surface area (Å²) in [4.78, 5) is 10.5. The van der Waals surface area contributed by atoms with Crippen LogP contribution in [0.4, 0.5) is 5.95 Å². The van der Waals surface area contributed by atoms with Crippen molar-refractivity contribution < 1.29 is 0 Å². The van der Waals surface area contributed by atoms with Crippen LogP contribution in [0.3, 0.4) is 0 Å². The number of rotatable bonds is 2. The van der Waals surface area contributed by atoms with E-state index in [0.29, 0.717) is 11.1 Å². The second-order valence-electron chi connectivity index (χ2n) is 3.81. The van der Waals surface area contributed by atoms with Crippen LogP contribution >= 0.6 is 11.6 Å². The molecule has 0 radical (unpaired) electrons. The summed E-state index contributed by atoms with van der Waals surface area (Å²) in [5.41, 5.74) is 0. The zero-order valence-corrected chi connectivity index (χ0v) is 9.54. The molecule has 0 bridgehead atoms. The number of aromatic nitrogens is 2. The molecule has 1 fully saturated rings. The summed E-state index contributed by atoms with van der Waals surface area (Å²) in [5, 5.41) is 3.95. The highest BCUT2D eigenvalue weighted by atomic mass is 35.5. The lowest BCUT2D eigenvalue weighted by molar-refractivity contribution is 0.441. The van der Waals surface area contributed by atoms with E-state index < -0.39 is 0 Å². The van der Waals surface area contributed by atoms with Gasteiger partial charge < -0.3 is 10.2 Å². The van der Waals surface area contributed by atoms with E-state index in [-0.39, 0.29) is 0 Å².